The quantitative estimate of drug-likeness (QED) is 0.776. The van der Waals surface area contributed by atoms with E-state index in [2.05, 4.69) is 5.32 Å². The molecule has 2 N–H and O–H groups in total. The lowest BCUT2D eigenvalue weighted by atomic mass is 10.1. The predicted molar refractivity (Wildman–Crippen MR) is 68.6 cm³/mol. The number of hydrogen-bond acceptors (Lipinski definition) is 3. The van der Waals surface area contributed by atoms with E-state index in [1.807, 2.05) is 11.8 Å². The largest absolute Gasteiger partial charge is 0.412 e. The van der Waals surface area contributed by atoms with Gasteiger partial charge in [-0.3, -0.25) is 0 Å². The van der Waals surface area contributed by atoms with Crippen LogP contribution < -0.4 is 5.32 Å². The normalized spacial score (nSPS) is 23.4. The lowest BCUT2D eigenvalue weighted by Crippen LogP contribution is -2.48. The summed E-state index contributed by atoms with van der Waals surface area (Å²) >= 11 is 0. The number of allylic oxidation sites excluding steroid dienone is 2. The molecule has 0 saturated carbocycles. The highest BCUT2D eigenvalue weighted by Crippen LogP contribution is 2.28. The molecule has 1 unspecified atom stereocenters. The van der Waals surface area contributed by atoms with E-state index in [4.69, 9.17) is 5.11 Å². The molecule has 0 aromatic carbocycles. The van der Waals surface area contributed by atoms with Crippen molar-refractivity contribution in [3.8, 4) is 0 Å². The topological polar surface area (TPSA) is 35.5 Å². The van der Waals surface area contributed by atoms with Crippen LogP contribution in [0.3, 0.4) is 0 Å². The van der Waals surface area contributed by atoms with Gasteiger partial charge in [0, 0.05) is 36.9 Å². The van der Waals surface area contributed by atoms with E-state index < -0.39 is 18.4 Å². The van der Waals surface area contributed by atoms with Crippen molar-refractivity contribution < 1.29 is 18.3 Å². The van der Waals surface area contributed by atoms with Gasteiger partial charge in [-0.25, -0.2) is 0 Å². The summed E-state index contributed by atoms with van der Waals surface area (Å²) in [6.45, 7) is 6.52. The standard InChI is InChI=1S/C13H21F3N2O/c1-9-7-18(5-4-17-9)10(2)6-12(8-19)11(3)13(14,15)16/h6,9,17,19H,4-5,7-8H2,1-3H3/b10-6+,12-11-. The van der Waals surface area contributed by atoms with Gasteiger partial charge in [0.15, 0.2) is 0 Å². The zero-order chi connectivity index (χ0) is 14.6. The molecule has 1 aliphatic rings. The highest BCUT2D eigenvalue weighted by molar-refractivity contribution is 5.30. The van der Waals surface area contributed by atoms with Crippen LogP contribution in [-0.2, 0) is 0 Å². The Morgan fingerprint density at radius 2 is 2.05 bits per heavy atom. The number of nitrogens with zero attached hydrogens (tertiary/aromatic N) is 1. The lowest BCUT2D eigenvalue weighted by molar-refractivity contribution is -0.0923. The predicted octanol–water partition coefficient (Wildman–Crippen LogP) is 2.06. The Morgan fingerprint density at radius 1 is 1.42 bits per heavy atom. The van der Waals surface area contributed by atoms with Crippen LogP contribution in [-0.4, -0.2) is 48.5 Å². The molecule has 1 heterocycles. The third-order valence-electron chi connectivity index (χ3n) is 3.33. The Kier molecular flexibility index (Phi) is 5.43. The number of nitrogens with one attached hydrogen (secondary N) is 1. The number of hydrogen-bond donors (Lipinski definition) is 2. The van der Waals surface area contributed by atoms with Gasteiger partial charge < -0.3 is 15.3 Å². The third kappa shape index (κ3) is 4.54. The molecule has 0 amide bonds. The lowest BCUT2D eigenvalue weighted by Gasteiger charge is -2.34. The first-order valence-electron chi connectivity index (χ1n) is 6.30. The molecule has 0 aromatic rings. The molecule has 6 heteroatoms. The average Bonchev–Trinajstić information content (AvgIpc) is 2.33. The fourth-order valence-corrected chi connectivity index (χ4v) is 2.05. The van der Waals surface area contributed by atoms with E-state index >= 15 is 0 Å². The molecule has 1 rings (SSSR count). The fraction of sp³-hybridized carbons (Fsp3) is 0.692. The number of piperazine rings is 1. The molecular weight excluding hydrogens is 257 g/mol. The summed E-state index contributed by atoms with van der Waals surface area (Å²) in [6.07, 6.45) is -2.97. The van der Waals surface area contributed by atoms with Crippen LogP contribution in [0.1, 0.15) is 20.8 Å². The van der Waals surface area contributed by atoms with Crippen molar-refractivity contribution in [1.29, 1.82) is 0 Å². The molecule has 0 aliphatic carbocycles. The van der Waals surface area contributed by atoms with Crippen LogP contribution in [0.2, 0.25) is 0 Å². The first-order chi connectivity index (χ1) is 8.75. The summed E-state index contributed by atoms with van der Waals surface area (Å²) in [4.78, 5) is 2.03. The van der Waals surface area contributed by atoms with Crippen LogP contribution in [0.5, 0.6) is 0 Å². The summed E-state index contributed by atoms with van der Waals surface area (Å²) < 4.78 is 37.9. The third-order valence-corrected chi connectivity index (χ3v) is 3.33. The molecule has 19 heavy (non-hydrogen) atoms. The molecule has 0 bridgehead atoms. The maximum absolute atomic E-state index is 12.6. The number of aliphatic hydroxyl groups excluding tert-OH is 1. The maximum atomic E-state index is 12.6. The van der Waals surface area contributed by atoms with E-state index in [-0.39, 0.29) is 5.57 Å². The number of aliphatic hydroxyl groups is 1. The van der Waals surface area contributed by atoms with Gasteiger partial charge in [-0.1, -0.05) is 0 Å². The van der Waals surface area contributed by atoms with Crippen LogP contribution in [0.4, 0.5) is 13.2 Å². The van der Waals surface area contributed by atoms with Crippen molar-refractivity contribution in [2.24, 2.45) is 0 Å². The number of halogens is 3. The summed E-state index contributed by atoms with van der Waals surface area (Å²) in [7, 11) is 0. The fourth-order valence-electron chi connectivity index (χ4n) is 2.05. The van der Waals surface area contributed by atoms with Gasteiger partial charge in [-0.2, -0.15) is 13.2 Å². The van der Waals surface area contributed by atoms with E-state index in [0.717, 1.165) is 32.3 Å². The highest BCUT2D eigenvalue weighted by Gasteiger charge is 2.32. The zero-order valence-corrected chi connectivity index (χ0v) is 11.5. The summed E-state index contributed by atoms with van der Waals surface area (Å²) in [5, 5.41) is 12.4. The Morgan fingerprint density at radius 3 is 2.53 bits per heavy atom. The molecule has 1 fully saturated rings. The second kappa shape index (κ2) is 6.43. The van der Waals surface area contributed by atoms with Crippen molar-refractivity contribution in [2.45, 2.75) is 33.0 Å². The molecule has 0 radical (unpaired) electrons. The highest BCUT2D eigenvalue weighted by atomic mass is 19.4. The van der Waals surface area contributed by atoms with E-state index in [9.17, 15) is 13.2 Å². The molecule has 110 valence electrons. The maximum Gasteiger partial charge on any atom is 0.412 e. The Hall–Kier alpha value is -1.01. The van der Waals surface area contributed by atoms with Gasteiger partial charge in [0.05, 0.1) is 6.61 Å². The van der Waals surface area contributed by atoms with Crippen molar-refractivity contribution in [2.75, 3.05) is 26.2 Å². The first-order valence-corrected chi connectivity index (χ1v) is 6.30. The Labute approximate surface area is 111 Å². The molecule has 3 nitrogen and oxygen atoms in total. The minimum absolute atomic E-state index is 0.0730. The average molecular weight is 278 g/mol. The summed E-state index contributed by atoms with van der Waals surface area (Å²) in [5.74, 6) is 0. The van der Waals surface area contributed by atoms with Crippen LogP contribution in [0.15, 0.2) is 22.9 Å². The summed E-state index contributed by atoms with van der Waals surface area (Å²) in [5.41, 5.74) is -0.0604. The monoisotopic (exact) mass is 278 g/mol. The van der Waals surface area contributed by atoms with Gasteiger partial charge in [0.2, 0.25) is 0 Å². The van der Waals surface area contributed by atoms with Crippen molar-refractivity contribution in [3.63, 3.8) is 0 Å². The minimum atomic E-state index is -4.40. The Bertz CT molecular complexity index is 375. The van der Waals surface area contributed by atoms with Gasteiger partial charge >= 0.3 is 6.18 Å². The first kappa shape index (κ1) is 16.0. The van der Waals surface area contributed by atoms with Gasteiger partial charge in [-0.05, 0) is 32.4 Å². The van der Waals surface area contributed by atoms with E-state index in [0.29, 0.717) is 6.04 Å². The number of alkyl halides is 3. The summed E-state index contributed by atoms with van der Waals surface area (Å²) in [6, 6.07) is 0.308. The zero-order valence-electron chi connectivity index (χ0n) is 11.5. The SMILES string of the molecule is C/C(=C(\C=C(/C)N1CCNC(C)C1)CO)C(F)(F)F. The van der Waals surface area contributed by atoms with Crippen molar-refractivity contribution >= 4 is 0 Å². The number of rotatable bonds is 3. The van der Waals surface area contributed by atoms with Gasteiger partial charge in [-0.15, -0.1) is 0 Å². The molecule has 0 aromatic heterocycles. The van der Waals surface area contributed by atoms with Gasteiger partial charge in [0.25, 0.3) is 0 Å². The second-order valence-corrected chi connectivity index (χ2v) is 4.89. The van der Waals surface area contributed by atoms with Crippen LogP contribution in [0, 0.1) is 0 Å². The van der Waals surface area contributed by atoms with Gasteiger partial charge in [0.1, 0.15) is 0 Å². The van der Waals surface area contributed by atoms with Crippen molar-refractivity contribution in [3.05, 3.63) is 22.9 Å². The van der Waals surface area contributed by atoms with Crippen molar-refractivity contribution in [1.82, 2.24) is 10.2 Å². The van der Waals surface area contributed by atoms with E-state index in [1.165, 1.54) is 6.08 Å². The van der Waals surface area contributed by atoms with Crippen LogP contribution in [0.25, 0.3) is 0 Å². The minimum Gasteiger partial charge on any atom is -0.392 e. The van der Waals surface area contributed by atoms with Crippen LogP contribution >= 0.6 is 0 Å². The molecule has 1 atom stereocenters. The molecule has 1 aliphatic heterocycles. The molecule has 1 saturated heterocycles. The molecule has 0 spiro atoms. The van der Waals surface area contributed by atoms with E-state index in [1.54, 1.807) is 6.92 Å². The second-order valence-electron chi connectivity index (χ2n) is 4.89. The Balaban J connectivity index is 2.92. The smallest absolute Gasteiger partial charge is 0.392 e. The molecular formula is C13H21F3N2O.